The molecule has 2 saturated heterocycles. The lowest BCUT2D eigenvalue weighted by molar-refractivity contribution is -0.134. The lowest BCUT2D eigenvalue weighted by Crippen LogP contribution is -2.59. The van der Waals surface area contributed by atoms with Gasteiger partial charge in [0.25, 0.3) is 0 Å². The molecule has 1 N–H and O–H groups in total. The molecule has 7 nitrogen and oxygen atoms in total. The molecule has 2 fully saturated rings. The molecule has 2 aliphatic rings. The third-order valence-corrected chi connectivity index (χ3v) is 9.37. The number of nitrogens with zero attached hydrogens (tertiary/aromatic N) is 2. The van der Waals surface area contributed by atoms with Gasteiger partial charge >= 0.3 is 0 Å². The van der Waals surface area contributed by atoms with E-state index >= 15 is 0 Å². The van der Waals surface area contributed by atoms with Crippen LogP contribution in [0.15, 0.2) is 23.1 Å². The highest BCUT2D eigenvalue weighted by molar-refractivity contribution is 7.89. The van der Waals surface area contributed by atoms with Crippen molar-refractivity contribution in [1.82, 2.24) is 14.5 Å². The molecule has 2 atom stereocenters. The second-order valence-corrected chi connectivity index (χ2v) is 11.0. The third-order valence-electron chi connectivity index (χ3n) is 6.50. The van der Waals surface area contributed by atoms with E-state index in [-0.39, 0.29) is 32.8 Å². The number of benzene rings is 1. The monoisotopic (exact) mass is 491 g/mol. The molecule has 0 radical (unpaired) electrons. The van der Waals surface area contributed by atoms with Gasteiger partial charge in [0.1, 0.15) is 4.90 Å². The molecule has 1 spiro atoms. The Kier molecular flexibility index (Phi) is 7.92. The minimum Gasteiger partial charge on any atom is -0.385 e. The van der Waals surface area contributed by atoms with E-state index in [1.54, 1.807) is 19.2 Å². The zero-order valence-electron chi connectivity index (χ0n) is 18.2. The topological polar surface area (TPSA) is 79.0 Å². The van der Waals surface area contributed by atoms with Crippen molar-refractivity contribution in [3.05, 3.63) is 28.2 Å². The highest BCUT2D eigenvalue weighted by Crippen LogP contribution is 2.38. The lowest BCUT2D eigenvalue weighted by Gasteiger charge is -2.44. The Labute approximate surface area is 195 Å². The molecule has 1 amide bonds. The molecule has 31 heavy (non-hydrogen) atoms. The van der Waals surface area contributed by atoms with Gasteiger partial charge in [0.15, 0.2) is 0 Å². The third kappa shape index (κ3) is 4.75. The first kappa shape index (κ1) is 24.7. The van der Waals surface area contributed by atoms with Crippen LogP contribution in [-0.2, 0) is 19.6 Å². The molecule has 174 valence electrons. The highest BCUT2D eigenvalue weighted by atomic mass is 35.5. The molecule has 10 heteroatoms. The Bertz CT molecular complexity index is 904. The number of ether oxygens (including phenoxy) is 1. The summed E-state index contributed by atoms with van der Waals surface area (Å²) in [6.07, 6.45) is 2.64. The Morgan fingerprint density at radius 2 is 1.97 bits per heavy atom. The number of halogens is 2. The van der Waals surface area contributed by atoms with Crippen LogP contribution in [0.4, 0.5) is 0 Å². The first-order chi connectivity index (χ1) is 14.7. The first-order valence-corrected chi connectivity index (χ1v) is 12.9. The maximum Gasteiger partial charge on any atom is 0.244 e. The number of nitrogens with one attached hydrogen (secondary N) is 1. The van der Waals surface area contributed by atoms with Crippen molar-refractivity contribution in [2.75, 3.05) is 33.4 Å². The molecule has 0 unspecified atom stereocenters. The number of amides is 1. The average Bonchev–Trinajstić information content (AvgIpc) is 3.01. The minimum absolute atomic E-state index is 0.0162. The number of rotatable bonds is 8. The summed E-state index contributed by atoms with van der Waals surface area (Å²) in [7, 11) is -2.14. The van der Waals surface area contributed by atoms with Gasteiger partial charge in [-0.05, 0) is 37.3 Å². The van der Waals surface area contributed by atoms with E-state index in [2.05, 4.69) is 19.2 Å². The van der Waals surface area contributed by atoms with Gasteiger partial charge in [-0.1, -0.05) is 49.5 Å². The van der Waals surface area contributed by atoms with E-state index in [9.17, 15) is 13.2 Å². The molecule has 2 heterocycles. The van der Waals surface area contributed by atoms with Crippen LogP contribution in [0.25, 0.3) is 0 Å². The summed E-state index contributed by atoms with van der Waals surface area (Å²) in [5.74, 6) is 0.295. The van der Waals surface area contributed by atoms with Gasteiger partial charge < -0.3 is 9.64 Å². The van der Waals surface area contributed by atoms with Crippen LogP contribution < -0.4 is 5.32 Å². The first-order valence-electron chi connectivity index (χ1n) is 10.7. The van der Waals surface area contributed by atoms with Gasteiger partial charge in [-0.3, -0.25) is 10.1 Å². The van der Waals surface area contributed by atoms with Gasteiger partial charge in [-0.25, -0.2) is 8.42 Å². The lowest BCUT2D eigenvalue weighted by atomic mass is 9.96. The van der Waals surface area contributed by atoms with Crippen molar-refractivity contribution in [1.29, 1.82) is 0 Å². The molecule has 2 aliphatic heterocycles. The van der Waals surface area contributed by atoms with Gasteiger partial charge in [-0.15, -0.1) is 0 Å². The second-order valence-electron chi connectivity index (χ2n) is 8.33. The van der Waals surface area contributed by atoms with Gasteiger partial charge in [0, 0.05) is 33.4 Å². The van der Waals surface area contributed by atoms with E-state index in [4.69, 9.17) is 27.9 Å². The number of piperidine rings is 1. The van der Waals surface area contributed by atoms with E-state index in [0.29, 0.717) is 39.1 Å². The number of hydrogen-bond donors (Lipinski definition) is 1. The molecule has 1 aromatic rings. The van der Waals surface area contributed by atoms with Crippen molar-refractivity contribution in [3.63, 3.8) is 0 Å². The molecule has 0 bridgehead atoms. The summed E-state index contributed by atoms with van der Waals surface area (Å²) < 4.78 is 33.0. The number of carbonyl (C=O) groups is 1. The number of hydrogen-bond acceptors (Lipinski definition) is 5. The van der Waals surface area contributed by atoms with Crippen LogP contribution in [-0.4, -0.2) is 68.6 Å². The van der Waals surface area contributed by atoms with E-state index < -0.39 is 15.7 Å². The van der Waals surface area contributed by atoms with Gasteiger partial charge in [-0.2, -0.15) is 4.31 Å². The maximum absolute atomic E-state index is 13.2. The van der Waals surface area contributed by atoms with E-state index in [1.807, 2.05) is 4.90 Å². The van der Waals surface area contributed by atoms with Crippen molar-refractivity contribution in [2.24, 2.45) is 5.92 Å². The fourth-order valence-corrected chi connectivity index (χ4v) is 6.63. The largest absolute Gasteiger partial charge is 0.385 e. The second kappa shape index (κ2) is 9.93. The SMILES string of the molecule is CC[C@H](C)[C@@H]1NC2(CCN(S(=O)(=O)c3cccc(Cl)c3Cl)CC2)N(CCCOC)C1=O. The van der Waals surface area contributed by atoms with E-state index in [1.165, 1.54) is 10.4 Å². The summed E-state index contributed by atoms with van der Waals surface area (Å²) in [6, 6.07) is 4.37. The van der Waals surface area contributed by atoms with Crippen LogP contribution in [0.3, 0.4) is 0 Å². The summed E-state index contributed by atoms with van der Waals surface area (Å²) in [6.45, 7) is 5.88. The fourth-order valence-electron chi connectivity index (χ4n) is 4.45. The Balaban J connectivity index is 1.81. The zero-order valence-corrected chi connectivity index (χ0v) is 20.6. The number of sulfonamides is 1. The minimum atomic E-state index is -3.78. The summed E-state index contributed by atoms with van der Waals surface area (Å²) >= 11 is 12.2. The van der Waals surface area contributed by atoms with Crippen LogP contribution in [0.2, 0.25) is 10.0 Å². The summed E-state index contributed by atoms with van der Waals surface area (Å²) in [5.41, 5.74) is -0.539. The molecule has 3 rings (SSSR count). The molecular formula is C21H31Cl2N3O4S. The quantitative estimate of drug-likeness (QED) is 0.564. The molecule has 0 saturated carbocycles. The predicted octanol–water partition coefficient (Wildman–Crippen LogP) is 3.36. The van der Waals surface area contributed by atoms with Crippen molar-refractivity contribution < 1.29 is 17.9 Å². The molecular weight excluding hydrogens is 461 g/mol. The Morgan fingerprint density at radius 1 is 1.29 bits per heavy atom. The highest BCUT2D eigenvalue weighted by Gasteiger charge is 2.53. The van der Waals surface area contributed by atoms with Gasteiger partial charge in [0.05, 0.1) is 21.7 Å². The smallest absolute Gasteiger partial charge is 0.244 e. The van der Waals surface area contributed by atoms with Crippen LogP contribution in [0, 0.1) is 5.92 Å². The number of carbonyl (C=O) groups excluding carboxylic acids is 1. The zero-order chi connectivity index (χ0) is 22.8. The standard InChI is InChI=1S/C21H31Cl2N3O4S/c1-4-15(2)19-20(27)26(11-6-14-30-3)21(24-19)9-12-25(13-10-21)31(28,29)17-8-5-7-16(22)18(17)23/h5,7-8,15,19,24H,4,6,9-14H2,1-3H3/t15-,19-/m0/s1. The average molecular weight is 492 g/mol. The normalized spacial score (nSPS) is 22.9. The fraction of sp³-hybridized carbons (Fsp3) is 0.667. The predicted molar refractivity (Wildman–Crippen MR) is 122 cm³/mol. The number of methoxy groups -OCH3 is 1. The molecule has 0 aromatic heterocycles. The Hall–Kier alpha value is -0.900. The van der Waals surface area contributed by atoms with Crippen LogP contribution in [0.5, 0.6) is 0 Å². The summed E-state index contributed by atoms with van der Waals surface area (Å²) in [5, 5.41) is 3.83. The van der Waals surface area contributed by atoms with Crippen LogP contribution >= 0.6 is 23.2 Å². The van der Waals surface area contributed by atoms with Crippen LogP contribution in [0.1, 0.15) is 39.5 Å². The van der Waals surface area contributed by atoms with Crippen molar-refractivity contribution >= 4 is 39.1 Å². The van der Waals surface area contributed by atoms with Gasteiger partial charge in [0.2, 0.25) is 15.9 Å². The maximum atomic E-state index is 13.2. The molecule has 0 aliphatic carbocycles. The van der Waals surface area contributed by atoms with Crippen molar-refractivity contribution in [2.45, 2.75) is 56.1 Å². The Morgan fingerprint density at radius 3 is 2.58 bits per heavy atom. The van der Waals surface area contributed by atoms with E-state index in [0.717, 1.165) is 12.8 Å². The summed E-state index contributed by atoms with van der Waals surface area (Å²) in [4.78, 5) is 15.1. The molecule has 1 aromatic carbocycles. The van der Waals surface area contributed by atoms with Crippen molar-refractivity contribution in [3.8, 4) is 0 Å².